The Bertz CT molecular complexity index is 1620. The van der Waals surface area contributed by atoms with Gasteiger partial charge in [-0.25, -0.2) is 9.59 Å². The summed E-state index contributed by atoms with van der Waals surface area (Å²) in [6.45, 7) is 11.0. The Morgan fingerprint density at radius 3 is 1.54 bits per heavy atom. The Hall–Kier alpha value is -3.04. The van der Waals surface area contributed by atoms with Gasteiger partial charge in [0.15, 0.2) is 0 Å². The molecule has 3 aliphatic rings. The highest BCUT2D eigenvalue weighted by Gasteiger charge is 2.48. The SMILES string of the molecule is C/C(=C\C(=O)OCCCCCCCCC(=O)O)C[C@@H]1OC[C@H](CC(O)C(OC(=O)CCCCCCCCOC(=O)/C=C(\C)C[C@@H]2OC[C@H](C[C@@H]3O[C@H]3[C@@H](C)[C@H](C)O)[C@@H](O)[C@H]2O)[C@@H](C)[C@H](C)O)[C@@H](O)[C@H]1O. The minimum Gasteiger partial charge on any atom is -0.481 e. The van der Waals surface area contributed by atoms with Crippen molar-refractivity contribution in [2.45, 2.75) is 230 Å². The van der Waals surface area contributed by atoms with Crippen LogP contribution in [0.15, 0.2) is 23.3 Å². The number of carbonyl (C=O) groups excluding carboxylic acids is 3. The van der Waals surface area contributed by atoms with Crippen LogP contribution in [0.2, 0.25) is 0 Å². The molecule has 0 aliphatic carbocycles. The fourth-order valence-corrected chi connectivity index (χ4v) is 9.26. The molecule has 16 atom stereocenters. The van der Waals surface area contributed by atoms with E-state index in [9.17, 15) is 54.9 Å². The van der Waals surface area contributed by atoms with Crippen LogP contribution in [-0.4, -0.2) is 164 Å². The van der Waals surface area contributed by atoms with Crippen LogP contribution in [0.5, 0.6) is 0 Å². The van der Waals surface area contributed by atoms with Crippen molar-refractivity contribution in [3.63, 3.8) is 0 Å². The lowest BCUT2D eigenvalue weighted by Crippen LogP contribution is -2.52. The second-order valence-corrected chi connectivity index (χ2v) is 20.4. The van der Waals surface area contributed by atoms with E-state index in [2.05, 4.69) is 0 Å². The third-order valence-corrected chi connectivity index (χ3v) is 14.2. The normalized spacial score (nSPS) is 28.8. The Morgan fingerprint density at radius 1 is 0.600 bits per heavy atom. The van der Waals surface area contributed by atoms with Crippen molar-refractivity contribution in [2.75, 3.05) is 26.4 Å². The minimum absolute atomic E-state index is 0.00246. The van der Waals surface area contributed by atoms with E-state index in [0.717, 1.165) is 51.4 Å². The highest BCUT2D eigenvalue weighted by molar-refractivity contribution is 5.83. The van der Waals surface area contributed by atoms with Crippen molar-refractivity contribution in [3.8, 4) is 0 Å². The third-order valence-electron chi connectivity index (χ3n) is 14.2. The van der Waals surface area contributed by atoms with Crippen LogP contribution in [0.4, 0.5) is 0 Å². The number of carboxylic acid groups (broad SMARTS) is 1. The first-order chi connectivity index (χ1) is 33.2. The number of aliphatic hydroxyl groups excluding tert-OH is 7. The van der Waals surface area contributed by atoms with E-state index in [1.54, 1.807) is 27.7 Å². The average molecular weight is 1000 g/mol. The largest absolute Gasteiger partial charge is 0.481 e. The summed E-state index contributed by atoms with van der Waals surface area (Å²) in [6.07, 6.45) is 3.18. The van der Waals surface area contributed by atoms with E-state index in [1.165, 1.54) is 19.1 Å². The van der Waals surface area contributed by atoms with E-state index < -0.39 is 96.8 Å². The molecule has 18 nitrogen and oxygen atoms in total. The maximum Gasteiger partial charge on any atom is 0.330 e. The number of hydrogen-bond donors (Lipinski definition) is 8. The molecule has 0 amide bonds. The molecule has 0 aromatic heterocycles. The molecule has 3 aliphatic heterocycles. The molecule has 0 spiro atoms. The molecule has 0 bridgehead atoms. The van der Waals surface area contributed by atoms with Crippen molar-refractivity contribution < 1.29 is 88.5 Å². The number of ether oxygens (including phenoxy) is 6. The molecule has 70 heavy (non-hydrogen) atoms. The first-order valence-corrected chi connectivity index (χ1v) is 25.9. The molecule has 0 radical (unpaired) electrons. The van der Waals surface area contributed by atoms with Gasteiger partial charge in [0.25, 0.3) is 0 Å². The number of carboxylic acids is 1. The molecule has 3 saturated heterocycles. The maximum atomic E-state index is 12.9. The summed E-state index contributed by atoms with van der Waals surface area (Å²) in [5, 5.41) is 83.7. The van der Waals surface area contributed by atoms with E-state index in [-0.39, 0.29) is 82.6 Å². The lowest BCUT2D eigenvalue weighted by Gasteiger charge is -2.40. The van der Waals surface area contributed by atoms with Gasteiger partial charge < -0.3 is 69.3 Å². The zero-order valence-electron chi connectivity index (χ0n) is 42.6. The van der Waals surface area contributed by atoms with Gasteiger partial charge in [0.2, 0.25) is 0 Å². The van der Waals surface area contributed by atoms with Gasteiger partial charge in [-0.3, -0.25) is 9.59 Å². The molecule has 3 heterocycles. The van der Waals surface area contributed by atoms with E-state index in [0.29, 0.717) is 43.3 Å². The number of unbranched alkanes of at least 4 members (excludes halogenated alkanes) is 10. The highest BCUT2D eigenvalue weighted by Crippen LogP contribution is 2.39. The molecule has 0 aromatic rings. The van der Waals surface area contributed by atoms with Crippen LogP contribution < -0.4 is 0 Å². The number of aliphatic carboxylic acids is 1. The first-order valence-electron chi connectivity index (χ1n) is 25.9. The first kappa shape index (κ1) is 61.3. The minimum atomic E-state index is -1.32. The van der Waals surface area contributed by atoms with Gasteiger partial charge in [0.05, 0.1) is 81.4 Å². The predicted molar refractivity (Wildman–Crippen MR) is 257 cm³/mol. The predicted octanol–water partition coefficient (Wildman–Crippen LogP) is 4.62. The van der Waals surface area contributed by atoms with Crippen molar-refractivity contribution >= 4 is 23.9 Å². The van der Waals surface area contributed by atoms with E-state index in [1.807, 2.05) is 6.92 Å². The zero-order valence-corrected chi connectivity index (χ0v) is 42.6. The van der Waals surface area contributed by atoms with Crippen LogP contribution >= 0.6 is 0 Å². The molecule has 8 N–H and O–H groups in total. The van der Waals surface area contributed by atoms with Crippen molar-refractivity contribution in [2.24, 2.45) is 23.7 Å². The summed E-state index contributed by atoms with van der Waals surface area (Å²) < 4.78 is 33.9. The summed E-state index contributed by atoms with van der Waals surface area (Å²) >= 11 is 0. The summed E-state index contributed by atoms with van der Waals surface area (Å²) in [6, 6.07) is 0. The molecular weight excluding hydrogens is 913 g/mol. The second-order valence-electron chi connectivity index (χ2n) is 20.4. The fourth-order valence-electron chi connectivity index (χ4n) is 9.26. The van der Waals surface area contributed by atoms with Gasteiger partial charge >= 0.3 is 23.9 Å². The Morgan fingerprint density at radius 2 is 1.06 bits per heavy atom. The second kappa shape index (κ2) is 32.2. The number of epoxide rings is 1. The number of rotatable bonds is 34. The van der Waals surface area contributed by atoms with Gasteiger partial charge in [-0.15, -0.1) is 0 Å². The maximum absolute atomic E-state index is 12.9. The summed E-state index contributed by atoms with van der Waals surface area (Å²) in [5.41, 5.74) is 1.25. The van der Waals surface area contributed by atoms with Gasteiger partial charge in [-0.05, 0) is 79.1 Å². The number of aliphatic hydroxyl groups is 7. The molecular formula is C52H88O18. The number of esters is 3. The summed E-state index contributed by atoms with van der Waals surface area (Å²) in [7, 11) is 0. The van der Waals surface area contributed by atoms with Crippen LogP contribution in [0.1, 0.15) is 157 Å². The number of carbonyl (C=O) groups is 4. The zero-order chi connectivity index (χ0) is 51.9. The molecule has 2 unspecified atom stereocenters. The quantitative estimate of drug-likeness (QED) is 0.0143. The molecule has 3 rings (SSSR count). The summed E-state index contributed by atoms with van der Waals surface area (Å²) in [4.78, 5) is 48.3. The Balaban J connectivity index is 1.28. The van der Waals surface area contributed by atoms with Crippen molar-refractivity contribution in [3.05, 3.63) is 23.3 Å². The van der Waals surface area contributed by atoms with Crippen LogP contribution in [0.3, 0.4) is 0 Å². The standard InChI is InChI=1S/C52H88O18/c1-31(25-45(59)65-21-17-13-9-7-11-15-19-43(56)57)23-40-49(63)47(61)37(29-67-40)27-39(55)51(33(3)35(5)53)70-44(58)20-16-12-8-10-14-18-22-66-46(60)26-32(2)24-41-50(64)48(62)38(30-68-41)28-42-52(69-42)34(4)36(6)54/h25-26,33-42,47-55,61-64H,7-24,27-30H2,1-6H3,(H,56,57)/b31-25+,32-26+/t33-,34-,35-,36-,37-,38-,39?,40-,41-,42-,47+,48+,49-,50-,51?,52-/m0/s1. The average Bonchev–Trinajstić information content (AvgIpc) is 4.07. The van der Waals surface area contributed by atoms with Gasteiger partial charge in [-0.1, -0.05) is 76.4 Å². The smallest absolute Gasteiger partial charge is 0.330 e. The monoisotopic (exact) mass is 1000 g/mol. The van der Waals surface area contributed by atoms with Crippen LogP contribution in [0, 0.1) is 23.7 Å². The van der Waals surface area contributed by atoms with Gasteiger partial charge in [0.1, 0.15) is 18.3 Å². The Labute approximate surface area is 415 Å². The van der Waals surface area contributed by atoms with E-state index >= 15 is 0 Å². The highest BCUT2D eigenvalue weighted by atomic mass is 16.6. The van der Waals surface area contributed by atoms with Crippen molar-refractivity contribution in [1.29, 1.82) is 0 Å². The van der Waals surface area contributed by atoms with Gasteiger partial charge in [-0.2, -0.15) is 0 Å². The Kier molecular flexibility index (Phi) is 28.2. The van der Waals surface area contributed by atoms with Crippen molar-refractivity contribution in [1.82, 2.24) is 0 Å². The lowest BCUT2D eigenvalue weighted by atomic mass is 9.83. The lowest BCUT2D eigenvalue weighted by molar-refractivity contribution is -0.180. The third kappa shape index (κ3) is 22.4. The molecule has 0 aromatic carbocycles. The topological polar surface area (TPSA) is 289 Å². The van der Waals surface area contributed by atoms with Crippen LogP contribution in [0.25, 0.3) is 0 Å². The van der Waals surface area contributed by atoms with E-state index in [4.69, 9.17) is 33.5 Å². The number of hydrogen-bond acceptors (Lipinski definition) is 17. The molecule has 0 saturated carbocycles. The fraction of sp³-hybridized carbons (Fsp3) is 0.846. The molecule has 18 heteroatoms. The summed E-state index contributed by atoms with van der Waals surface area (Å²) in [5.74, 6) is -3.98. The molecule has 3 fully saturated rings. The molecule has 404 valence electrons. The van der Waals surface area contributed by atoms with Gasteiger partial charge in [0, 0.05) is 48.7 Å². The van der Waals surface area contributed by atoms with Crippen LogP contribution in [-0.2, 0) is 47.6 Å².